The Labute approximate surface area is 164 Å². The van der Waals surface area contributed by atoms with Gasteiger partial charge in [0.1, 0.15) is 0 Å². The molecule has 0 aliphatic heterocycles. The first-order chi connectivity index (χ1) is 13.1. The zero-order chi connectivity index (χ0) is 19.5. The minimum atomic E-state index is -0.0145. The van der Waals surface area contributed by atoms with Crippen LogP contribution in [-0.2, 0) is 6.54 Å². The van der Waals surface area contributed by atoms with Gasteiger partial charge in [0.15, 0.2) is 0 Å². The second kappa shape index (κ2) is 11.4. The van der Waals surface area contributed by atoms with E-state index in [2.05, 4.69) is 37.4 Å². The summed E-state index contributed by atoms with van der Waals surface area (Å²) in [4.78, 5) is 14.9. The molecular formula is C24H34N2O. The summed E-state index contributed by atoms with van der Waals surface area (Å²) >= 11 is 0. The maximum absolute atomic E-state index is 12.9. The third-order valence-corrected chi connectivity index (χ3v) is 4.91. The van der Waals surface area contributed by atoms with Crippen molar-refractivity contribution in [2.24, 2.45) is 0 Å². The van der Waals surface area contributed by atoms with Crippen LogP contribution in [0.25, 0.3) is 0 Å². The van der Waals surface area contributed by atoms with Crippen molar-refractivity contribution in [3.63, 3.8) is 0 Å². The molecule has 1 N–H and O–H groups in total. The predicted molar refractivity (Wildman–Crippen MR) is 115 cm³/mol. The number of hydrogen-bond acceptors (Lipinski definition) is 1. The highest BCUT2D eigenvalue weighted by molar-refractivity contribution is 5.90. The molecule has 2 rings (SSSR count). The Morgan fingerprint density at radius 3 is 2.33 bits per heavy atom. The van der Waals surface area contributed by atoms with Crippen molar-refractivity contribution in [1.29, 1.82) is 0 Å². The minimum absolute atomic E-state index is 0.0145. The topological polar surface area (TPSA) is 32.3 Å². The Bertz CT molecular complexity index is 697. The van der Waals surface area contributed by atoms with Crippen LogP contribution < -0.4 is 5.32 Å². The summed E-state index contributed by atoms with van der Waals surface area (Å²) in [6, 6.07) is 16.4. The number of carbonyl (C=O) groups excluding carboxylic acids is 1. The molecule has 0 radical (unpaired) electrons. The molecule has 0 atom stereocenters. The smallest absolute Gasteiger partial charge is 0.320 e. The highest BCUT2D eigenvalue weighted by Gasteiger charge is 2.15. The molecule has 146 valence electrons. The number of aryl methyl sites for hydroxylation is 2. The first-order valence-corrected chi connectivity index (χ1v) is 10.3. The quantitative estimate of drug-likeness (QED) is 0.466. The van der Waals surface area contributed by atoms with E-state index in [0.29, 0.717) is 6.54 Å². The van der Waals surface area contributed by atoms with Gasteiger partial charge in [0.2, 0.25) is 0 Å². The molecule has 0 aromatic heterocycles. The lowest BCUT2D eigenvalue weighted by atomic mass is 10.1. The van der Waals surface area contributed by atoms with E-state index in [1.165, 1.54) is 43.2 Å². The third-order valence-electron chi connectivity index (χ3n) is 4.91. The van der Waals surface area contributed by atoms with Crippen molar-refractivity contribution in [3.8, 4) is 0 Å². The van der Waals surface area contributed by atoms with Crippen molar-refractivity contribution in [2.45, 2.75) is 65.8 Å². The summed E-state index contributed by atoms with van der Waals surface area (Å²) in [5.41, 5.74) is 4.37. The molecule has 3 nitrogen and oxygen atoms in total. The fourth-order valence-corrected chi connectivity index (χ4v) is 3.29. The summed E-state index contributed by atoms with van der Waals surface area (Å²) < 4.78 is 0. The van der Waals surface area contributed by atoms with Crippen molar-refractivity contribution >= 4 is 11.7 Å². The molecule has 0 unspecified atom stereocenters. The Hall–Kier alpha value is -2.29. The molecule has 3 heteroatoms. The number of nitrogens with one attached hydrogen (secondary N) is 1. The van der Waals surface area contributed by atoms with Gasteiger partial charge in [-0.05, 0) is 37.5 Å². The van der Waals surface area contributed by atoms with E-state index in [0.717, 1.165) is 24.2 Å². The fraction of sp³-hybridized carbons (Fsp3) is 0.458. The third kappa shape index (κ3) is 7.46. The first-order valence-electron chi connectivity index (χ1n) is 10.3. The maximum Gasteiger partial charge on any atom is 0.322 e. The van der Waals surface area contributed by atoms with E-state index < -0.39 is 0 Å². The molecule has 0 heterocycles. The van der Waals surface area contributed by atoms with Gasteiger partial charge in [0.05, 0.1) is 0 Å². The number of amides is 2. The first kappa shape index (κ1) is 21.0. The lowest BCUT2D eigenvalue weighted by Crippen LogP contribution is -2.35. The largest absolute Gasteiger partial charge is 0.322 e. The average molecular weight is 367 g/mol. The van der Waals surface area contributed by atoms with E-state index >= 15 is 0 Å². The lowest BCUT2D eigenvalue weighted by molar-refractivity contribution is 0.207. The van der Waals surface area contributed by atoms with Gasteiger partial charge in [-0.25, -0.2) is 4.79 Å². The van der Waals surface area contributed by atoms with Gasteiger partial charge in [-0.3, -0.25) is 0 Å². The number of anilines is 1. The van der Waals surface area contributed by atoms with E-state index in [1.54, 1.807) is 0 Å². The van der Waals surface area contributed by atoms with Crippen LogP contribution in [0.3, 0.4) is 0 Å². The highest BCUT2D eigenvalue weighted by atomic mass is 16.2. The van der Waals surface area contributed by atoms with Gasteiger partial charge in [0.25, 0.3) is 0 Å². The molecule has 27 heavy (non-hydrogen) atoms. The second-order valence-corrected chi connectivity index (χ2v) is 7.42. The minimum Gasteiger partial charge on any atom is -0.320 e. The fourth-order valence-electron chi connectivity index (χ4n) is 3.29. The molecule has 0 fully saturated rings. The Balaban J connectivity index is 1.97. The average Bonchev–Trinajstić information content (AvgIpc) is 2.66. The number of benzene rings is 2. The van der Waals surface area contributed by atoms with Gasteiger partial charge >= 0.3 is 6.03 Å². The van der Waals surface area contributed by atoms with Crippen LogP contribution >= 0.6 is 0 Å². The van der Waals surface area contributed by atoms with Gasteiger partial charge < -0.3 is 10.2 Å². The van der Waals surface area contributed by atoms with Gasteiger partial charge in [-0.1, -0.05) is 87.1 Å². The zero-order valence-corrected chi connectivity index (χ0v) is 17.1. The van der Waals surface area contributed by atoms with Gasteiger partial charge in [-0.2, -0.15) is 0 Å². The monoisotopic (exact) mass is 366 g/mol. The molecule has 2 amide bonds. The number of carbonyl (C=O) groups is 1. The molecule has 0 aliphatic rings. The maximum atomic E-state index is 12.9. The van der Waals surface area contributed by atoms with E-state index in [-0.39, 0.29) is 6.03 Å². The number of unbranched alkanes of at least 4 members (excludes halogenated alkanes) is 5. The van der Waals surface area contributed by atoms with Gasteiger partial charge in [0, 0.05) is 18.8 Å². The Morgan fingerprint density at radius 2 is 1.63 bits per heavy atom. The lowest BCUT2D eigenvalue weighted by Gasteiger charge is -2.24. The molecule has 2 aromatic rings. The molecule has 0 bridgehead atoms. The number of hydrogen-bond donors (Lipinski definition) is 1. The summed E-state index contributed by atoms with van der Waals surface area (Å²) in [5.74, 6) is 0. The van der Waals surface area contributed by atoms with Crippen molar-refractivity contribution in [1.82, 2.24) is 4.90 Å². The molecule has 0 aliphatic carbocycles. The SMILES string of the molecule is CCCCCCCCN(Cc1ccccc1)C(=O)Nc1ccc(C)cc1C. The van der Waals surface area contributed by atoms with Crippen LogP contribution in [0.4, 0.5) is 10.5 Å². The molecule has 0 saturated carbocycles. The summed E-state index contributed by atoms with van der Waals surface area (Å²) in [7, 11) is 0. The van der Waals surface area contributed by atoms with E-state index in [4.69, 9.17) is 0 Å². The number of rotatable bonds is 10. The summed E-state index contributed by atoms with van der Waals surface area (Å²) in [5, 5.41) is 3.11. The van der Waals surface area contributed by atoms with Crippen molar-refractivity contribution in [2.75, 3.05) is 11.9 Å². The molecular weight excluding hydrogens is 332 g/mol. The van der Waals surface area contributed by atoms with Crippen LogP contribution in [0.1, 0.15) is 62.1 Å². The van der Waals surface area contributed by atoms with Gasteiger partial charge in [-0.15, -0.1) is 0 Å². The number of nitrogens with zero attached hydrogens (tertiary/aromatic N) is 1. The van der Waals surface area contributed by atoms with Crippen LogP contribution in [-0.4, -0.2) is 17.5 Å². The number of urea groups is 1. The molecule has 0 saturated heterocycles. The van der Waals surface area contributed by atoms with Crippen LogP contribution in [0.15, 0.2) is 48.5 Å². The van der Waals surface area contributed by atoms with Crippen LogP contribution in [0.5, 0.6) is 0 Å². The molecule has 0 spiro atoms. The van der Waals surface area contributed by atoms with Crippen LogP contribution in [0, 0.1) is 13.8 Å². The molecule has 2 aromatic carbocycles. The normalized spacial score (nSPS) is 10.6. The standard InChI is InChI=1S/C24H34N2O/c1-4-5-6-7-8-12-17-26(19-22-13-10-9-11-14-22)24(27)25-23-16-15-20(2)18-21(23)3/h9-11,13-16,18H,4-8,12,17,19H2,1-3H3,(H,25,27). The Kier molecular flexibility index (Phi) is 8.90. The summed E-state index contributed by atoms with van der Waals surface area (Å²) in [6.07, 6.45) is 7.36. The summed E-state index contributed by atoms with van der Waals surface area (Å²) in [6.45, 7) is 7.78. The zero-order valence-electron chi connectivity index (χ0n) is 17.1. The highest BCUT2D eigenvalue weighted by Crippen LogP contribution is 2.18. The van der Waals surface area contributed by atoms with E-state index in [9.17, 15) is 4.79 Å². The Morgan fingerprint density at radius 1 is 0.926 bits per heavy atom. The van der Waals surface area contributed by atoms with E-state index in [1.807, 2.05) is 42.2 Å². The predicted octanol–water partition coefficient (Wildman–Crippen LogP) is 6.70. The van der Waals surface area contributed by atoms with Crippen molar-refractivity contribution < 1.29 is 4.79 Å². The van der Waals surface area contributed by atoms with Crippen molar-refractivity contribution in [3.05, 3.63) is 65.2 Å². The second-order valence-electron chi connectivity index (χ2n) is 7.42. The van der Waals surface area contributed by atoms with Crippen LogP contribution in [0.2, 0.25) is 0 Å².